The number of imidazole rings is 1. The zero-order chi connectivity index (χ0) is 13.1. The van der Waals surface area contributed by atoms with Gasteiger partial charge in [-0.2, -0.15) is 5.10 Å². The van der Waals surface area contributed by atoms with Gasteiger partial charge in [0.2, 0.25) is 0 Å². The van der Waals surface area contributed by atoms with E-state index in [1.54, 1.807) is 11.6 Å². The molecule has 2 heterocycles. The van der Waals surface area contributed by atoms with Crippen molar-refractivity contribution in [3.63, 3.8) is 0 Å². The van der Waals surface area contributed by atoms with Crippen molar-refractivity contribution in [2.24, 2.45) is 7.05 Å². The second kappa shape index (κ2) is 4.70. The fourth-order valence-corrected chi connectivity index (χ4v) is 1.42. The minimum atomic E-state index is -0.998. The fourth-order valence-electron chi connectivity index (χ4n) is 1.42. The third-order valence-electron chi connectivity index (χ3n) is 2.24. The van der Waals surface area contributed by atoms with Crippen LogP contribution >= 0.6 is 0 Å². The van der Waals surface area contributed by atoms with Crippen molar-refractivity contribution in [3.8, 4) is 0 Å². The molecule has 2 aromatic rings. The minimum absolute atomic E-state index is 0.248. The predicted molar refractivity (Wildman–Crippen MR) is 61.0 cm³/mol. The number of nitrogens with zero attached hydrogens (tertiary/aromatic N) is 4. The third-order valence-corrected chi connectivity index (χ3v) is 2.24. The van der Waals surface area contributed by atoms with Crippen molar-refractivity contribution in [1.82, 2.24) is 19.3 Å². The van der Waals surface area contributed by atoms with Crippen molar-refractivity contribution in [1.29, 1.82) is 0 Å². The molecule has 1 amide bonds. The number of anilines is 1. The van der Waals surface area contributed by atoms with Gasteiger partial charge in [-0.3, -0.25) is 14.3 Å². The number of carbonyl (C=O) groups is 2. The monoisotopic (exact) mass is 249 g/mol. The van der Waals surface area contributed by atoms with Crippen molar-refractivity contribution in [3.05, 3.63) is 30.6 Å². The average Bonchev–Trinajstić information content (AvgIpc) is 2.87. The van der Waals surface area contributed by atoms with Crippen LogP contribution in [0.5, 0.6) is 0 Å². The van der Waals surface area contributed by atoms with Crippen LogP contribution in [0.15, 0.2) is 24.9 Å². The Bertz CT molecular complexity index is 586. The summed E-state index contributed by atoms with van der Waals surface area (Å²) in [5.74, 6) is -1.33. The molecule has 0 aliphatic rings. The van der Waals surface area contributed by atoms with Gasteiger partial charge in [-0.15, -0.1) is 0 Å². The maximum Gasteiger partial charge on any atom is 0.325 e. The number of aromatic nitrogens is 4. The molecule has 0 saturated carbocycles. The number of hydrogen-bond acceptors (Lipinski definition) is 4. The Hall–Kier alpha value is -2.64. The van der Waals surface area contributed by atoms with E-state index in [4.69, 9.17) is 5.11 Å². The maximum absolute atomic E-state index is 11.8. The van der Waals surface area contributed by atoms with E-state index in [2.05, 4.69) is 15.4 Å². The summed E-state index contributed by atoms with van der Waals surface area (Å²) in [6, 6.07) is 0. The lowest BCUT2D eigenvalue weighted by atomic mass is 10.4. The highest BCUT2D eigenvalue weighted by Gasteiger charge is 2.11. The van der Waals surface area contributed by atoms with E-state index in [0.717, 1.165) is 0 Å². The van der Waals surface area contributed by atoms with Crippen molar-refractivity contribution >= 4 is 17.6 Å². The van der Waals surface area contributed by atoms with E-state index in [-0.39, 0.29) is 12.5 Å². The highest BCUT2D eigenvalue weighted by Crippen LogP contribution is 2.07. The molecule has 2 N–H and O–H groups in total. The van der Waals surface area contributed by atoms with Gasteiger partial charge in [0.05, 0.1) is 24.4 Å². The Morgan fingerprint density at radius 1 is 1.44 bits per heavy atom. The minimum Gasteiger partial charge on any atom is -0.480 e. The molecule has 94 valence electrons. The number of hydrogen-bond donors (Lipinski definition) is 2. The quantitative estimate of drug-likeness (QED) is 0.791. The number of aryl methyl sites for hydroxylation is 1. The van der Waals surface area contributed by atoms with E-state index in [1.807, 2.05) is 0 Å². The van der Waals surface area contributed by atoms with Gasteiger partial charge in [0, 0.05) is 13.2 Å². The summed E-state index contributed by atoms with van der Waals surface area (Å²) >= 11 is 0. The van der Waals surface area contributed by atoms with Crippen LogP contribution in [-0.2, 0) is 18.4 Å². The lowest BCUT2D eigenvalue weighted by Gasteiger charge is -2.02. The van der Waals surface area contributed by atoms with Crippen molar-refractivity contribution in [2.45, 2.75) is 6.54 Å². The van der Waals surface area contributed by atoms with Crippen LogP contribution in [0.4, 0.5) is 5.69 Å². The van der Waals surface area contributed by atoms with Crippen LogP contribution in [0.2, 0.25) is 0 Å². The van der Waals surface area contributed by atoms with Gasteiger partial charge < -0.3 is 15.0 Å². The number of rotatable bonds is 4. The highest BCUT2D eigenvalue weighted by molar-refractivity contribution is 6.02. The molecule has 8 heteroatoms. The standard InChI is InChI=1S/C10H11N5O3/c1-14-6-11-3-8(14)10(18)13-7-2-12-15(4-7)5-9(16)17/h2-4,6H,5H2,1H3,(H,13,18)(H,16,17). The Morgan fingerprint density at radius 2 is 2.22 bits per heavy atom. The molecule has 2 rings (SSSR count). The van der Waals surface area contributed by atoms with Crippen LogP contribution in [-0.4, -0.2) is 36.3 Å². The molecule has 0 bridgehead atoms. The molecule has 0 aliphatic heterocycles. The van der Waals surface area contributed by atoms with E-state index in [1.165, 1.54) is 29.6 Å². The van der Waals surface area contributed by atoms with E-state index >= 15 is 0 Å². The number of nitrogens with one attached hydrogen (secondary N) is 1. The molecule has 0 fully saturated rings. The summed E-state index contributed by atoms with van der Waals surface area (Å²) < 4.78 is 2.80. The van der Waals surface area contributed by atoms with E-state index in [0.29, 0.717) is 11.4 Å². The molecule has 0 unspecified atom stereocenters. The zero-order valence-electron chi connectivity index (χ0n) is 9.57. The summed E-state index contributed by atoms with van der Waals surface area (Å²) in [5.41, 5.74) is 0.837. The molecule has 0 atom stereocenters. The van der Waals surface area contributed by atoms with Gasteiger partial charge in [-0.1, -0.05) is 0 Å². The fraction of sp³-hybridized carbons (Fsp3) is 0.200. The summed E-state index contributed by atoms with van der Waals surface area (Å²) in [7, 11) is 1.70. The first kappa shape index (κ1) is 11.8. The number of amides is 1. The predicted octanol–water partition coefficient (Wildman–Crippen LogP) is -0.0465. The average molecular weight is 249 g/mol. The van der Waals surface area contributed by atoms with Crippen LogP contribution < -0.4 is 5.32 Å². The topological polar surface area (TPSA) is 102 Å². The number of aliphatic carboxylic acids is 1. The lowest BCUT2D eigenvalue weighted by molar-refractivity contribution is -0.137. The van der Waals surface area contributed by atoms with E-state index < -0.39 is 5.97 Å². The third kappa shape index (κ3) is 2.54. The van der Waals surface area contributed by atoms with Gasteiger partial charge in [-0.05, 0) is 0 Å². The summed E-state index contributed by atoms with van der Waals surface area (Å²) in [6.45, 7) is -0.248. The second-order valence-electron chi connectivity index (χ2n) is 3.66. The first-order valence-corrected chi connectivity index (χ1v) is 5.08. The number of carbonyl (C=O) groups excluding carboxylic acids is 1. The van der Waals surface area contributed by atoms with Crippen LogP contribution in [0, 0.1) is 0 Å². The molecular weight excluding hydrogens is 238 g/mol. The van der Waals surface area contributed by atoms with Gasteiger partial charge in [-0.25, -0.2) is 4.98 Å². The Kier molecular flexibility index (Phi) is 3.09. The lowest BCUT2D eigenvalue weighted by Crippen LogP contribution is -2.15. The largest absolute Gasteiger partial charge is 0.480 e. The Labute approximate surface area is 102 Å². The van der Waals surface area contributed by atoms with Gasteiger partial charge in [0.15, 0.2) is 0 Å². The number of carboxylic acids is 1. The molecule has 0 spiro atoms. The second-order valence-corrected chi connectivity index (χ2v) is 3.66. The smallest absolute Gasteiger partial charge is 0.325 e. The highest BCUT2D eigenvalue weighted by atomic mass is 16.4. The summed E-state index contributed by atoms with van der Waals surface area (Å²) in [4.78, 5) is 26.1. The normalized spacial score (nSPS) is 10.3. The molecular formula is C10H11N5O3. The first-order valence-electron chi connectivity index (χ1n) is 5.08. The molecule has 0 aromatic carbocycles. The van der Waals surface area contributed by atoms with Gasteiger partial charge >= 0.3 is 5.97 Å². The molecule has 0 radical (unpaired) electrons. The van der Waals surface area contributed by atoms with Crippen LogP contribution in [0.1, 0.15) is 10.5 Å². The van der Waals surface area contributed by atoms with Crippen LogP contribution in [0.3, 0.4) is 0 Å². The van der Waals surface area contributed by atoms with Gasteiger partial charge in [0.1, 0.15) is 12.2 Å². The summed E-state index contributed by atoms with van der Waals surface area (Å²) in [6.07, 6.45) is 5.79. The first-order chi connectivity index (χ1) is 8.56. The molecule has 8 nitrogen and oxygen atoms in total. The molecule has 2 aromatic heterocycles. The molecule has 18 heavy (non-hydrogen) atoms. The summed E-state index contributed by atoms with van der Waals surface area (Å²) in [5, 5.41) is 15.0. The van der Waals surface area contributed by atoms with Gasteiger partial charge in [0.25, 0.3) is 5.91 Å². The van der Waals surface area contributed by atoms with Crippen molar-refractivity contribution in [2.75, 3.05) is 5.32 Å². The molecule has 0 saturated heterocycles. The zero-order valence-corrected chi connectivity index (χ0v) is 9.57. The number of carboxylic acid groups (broad SMARTS) is 1. The SMILES string of the molecule is Cn1cncc1C(=O)Nc1cnn(CC(=O)O)c1. The van der Waals surface area contributed by atoms with Crippen molar-refractivity contribution < 1.29 is 14.7 Å². The maximum atomic E-state index is 11.8. The van der Waals surface area contributed by atoms with E-state index in [9.17, 15) is 9.59 Å². The molecule has 0 aliphatic carbocycles. The Balaban J connectivity index is 2.06. The van der Waals surface area contributed by atoms with Crippen LogP contribution in [0.25, 0.3) is 0 Å². The Morgan fingerprint density at radius 3 is 2.83 bits per heavy atom.